The van der Waals surface area contributed by atoms with E-state index in [1.54, 1.807) is 6.07 Å². The molecular formula is C13H17FO4. The average molecular weight is 256 g/mol. The highest BCUT2D eigenvalue weighted by atomic mass is 19.1. The molecule has 0 atom stereocenters. The van der Waals surface area contributed by atoms with Crippen molar-refractivity contribution in [2.75, 3.05) is 19.8 Å². The molecule has 1 rings (SSSR count). The summed E-state index contributed by atoms with van der Waals surface area (Å²) in [6.07, 6.45) is 0.960. The van der Waals surface area contributed by atoms with E-state index in [4.69, 9.17) is 14.6 Å². The molecule has 5 heteroatoms. The van der Waals surface area contributed by atoms with Crippen LogP contribution in [0.2, 0.25) is 0 Å². The van der Waals surface area contributed by atoms with Crippen LogP contribution in [0.15, 0.2) is 18.2 Å². The summed E-state index contributed by atoms with van der Waals surface area (Å²) in [6.45, 7) is 3.90. The van der Waals surface area contributed by atoms with Crippen molar-refractivity contribution in [1.82, 2.24) is 0 Å². The lowest BCUT2D eigenvalue weighted by Crippen LogP contribution is -2.06. The van der Waals surface area contributed by atoms with E-state index in [1.807, 2.05) is 6.92 Å². The van der Waals surface area contributed by atoms with Crippen LogP contribution in [0.5, 0.6) is 0 Å². The first kappa shape index (κ1) is 14.6. The van der Waals surface area contributed by atoms with Crippen molar-refractivity contribution in [3.05, 3.63) is 35.1 Å². The Morgan fingerprint density at radius 3 is 2.61 bits per heavy atom. The van der Waals surface area contributed by atoms with Crippen molar-refractivity contribution in [2.24, 2.45) is 0 Å². The second kappa shape index (κ2) is 7.79. The van der Waals surface area contributed by atoms with Gasteiger partial charge in [0.2, 0.25) is 0 Å². The fourth-order valence-corrected chi connectivity index (χ4v) is 1.38. The van der Waals surface area contributed by atoms with Gasteiger partial charge in [-0.1, -0.05) is 13.0 Å². The monoisotopic (exact) mass is 256 g/mol. The number of carbonyl (C=O) groups is 1. The molecule has 0 bridgehead atoms. The SMILES string of the molecule is CCCOCCOCc1ccc(C(=O)O)c(F)c1. The summed E-state index contributed by atoms with van der Waals surface area (Å²) in [5, 5.41) is 8.67. The van der Waals surface area contributed by atoms with Gasteiger partial charge in [-0.3, -0.25) is 0 Å². The van der Waals surface area contributed by atoms with Crippen LogP contribution in [-0.4, -0.2) is 30.9 Å². The Hall–Kier alpha value is -1.46. The molecule has 100 valence electrons. The van der Waals surface area contributed by atoms with E-state index in [2.05, 4.69) is 0 Å². The molecule has 0 saturated carbocycles. The zero-order chi connectivity index (χ0) is 13.4. The Morgan fingerprint density at radius 1 is 1.28 bits per heavy atom. The summed E-state index contributed by atoms with van der Waals surface area (Å²) in [5.41, 5.74) is 0.276. The van der Waals surface area contributed by atoms with Crippen LogP contribution in [0.25, 0.3) is 0 Å². The van der Waals surface area contributed by atoms with Gasteiger partial charge in [-0.05, 0) is 24.1 Å². The first-order valence-electron chi connectivity index (χ1n) is 5.82. The van der Waals surface area contributed by atoms with Crippen LogP contribution < -0.4 is 0 Å². The molecule has 1 aromatic rings. The number of carboxylic acids is 1. The Bertz CT molecular complexity index is 393. The van der Waals surface area contributed by atoms with Crippen molar-refractivity contribution in [3.63, 3.8) is 0 Å². The minimum absolute atomic E-state index is 0.242. The van der Waals surface area contributed by atoms with Gasteiger partial charge in [0.1, 0.15) is 5.82 Å². The van der Waals surface area contributed by atoms with Gasteiger partial charge < -0.3 is 14.6 Å². The van der Waals surface area contributed by atoms with Gasteiger partial charge >= 0.3 is 5.97 Å². The number of hydrogen-bond acceptors (Lipinski definition) is 3. The molecule has 0 aliphatic rings. The summed E-state index contributed by atoms with van der Waals surface area (Å²) in [5.74, 6) is -2.02. The highest BCUT2D eigenvalue weighted by Gasteiger charge is 2.10. The average Bonchev–Trinajstić information content (AvgIpc) is 2.33. The van der Waals surface area contributed by atoms with Crippen LogP contribution in [0.1, 0.15) is 29.3 Å². The Morgan fingerprint density at radius 2 is 2.00 bits per heavy atom. The quantitative estimate of drug-likeness (QED) is 0.726. The minimum atomic E-state index is -1.27. The largest absolute Gasteiger partial charge is 0.478 e. The fourth-order valence-electron chi connectivity index (χ4n) is 1.38. The lowest BCUT2D eigenvalue weighted by Gasteiger charge is -2.06. The summed E-state index contributed by atoms with van der Waals surface area (Å²) < 4.78 is 23.8. The molecule has 0 heterocycles. The predicted octanol–water partition coefficient (Wildman–Crippen LogP) is 2.47. The van der Waals surface area contributed by atoms with E-state index < -0.39 is 11.8 Å². The second-order valence-electron chi connectivity index (χ2n) is 3.78. The van der Waals surface area contributed by atoms with Crippen LogP contribution in [0, 0.1) is 5.82 Å². The van der Waals surface area contributed by atoms with E-state index in [0.717, 1.165) is 6.42 Å². The summed E-state index contributed by atoms with van der Waals surface area (Å²) in [7, 11) is 0. The number of carboxylic acid groups (broad SMARTS) is 1. The Balaban J connectivity index is 2.35. The maximum Gasteiger partial charge on any atom is 0.338 e. The van der Waals surface area contributed by atoms with Crippen molar-refractivity contribution >= 4 is 5.97 Å². The van der Waals surface area contributed by atoms with Crippen molar-refractivity contribution < 1.29 is 23.8 Å². The van der Waals surface area contributed by atoms with Gasteiger partial charge in [0.15, 0.2) is 0 Å². The molecular weight excluding hydrogens is 239 g/mol. The maximum atomic E-state index is 13.3. The molecule has 0 saturated heterocycles. The lowest BCUT2D eigenvalue weighted by atomic mass is 10.1. The topological polar surface area (TPSA) is 55.8 Å². The zero-order valence-corrected chi connectivity index (χ0v) is 10.3. The smallest absolute Gasteiger partial charge is 0.338 e. The third-order valence-electron chi connectivity index (χ3n) is 2.25. The predicted molar refractivity (Wildman–Crippen MR) is 64.1 cm³/mol. The second-order valence-corrected chi connectivity index (χ2v) is 3.78. The first-order chi connectivity index (χ1) is 8.65. The highest BCUT2D eigenvalue weighted by Crippen LogP contribution is 2.11. The molecule has 4 nitrogen and oxygen atoms in total. The number of hydrogen-bond donors (Lipinski definition) is 1. The van der Waals surface area contributed by atoms with Gasteiger partial charge in [-0.15, -0.1) is 0 Å². The first-order valence-corrected chi connectivity index (χ1v) is 5.82. The standard InChI is InChI=1S/C13H17FO4/c1-2-5-17-6-7-18-9-10-3-4-11(13(15)16)12(14)8-10/h3-4,8H,2,5-7,9H2,1H3,(H,15,16). The molecule has 18 heavy (non-hydrogen) atoms. The molecule has 0 aliphatic carbocycles. The molecule has 1 aromatic carbocycles. The van der Waals surface area contributed by atoms with E-state index in [9.17, 15) is 9.18 Å². The number of halogens is 1. The van der Waals surface area contributed by atoms with Crippen LogP contribution in [-0.2, 0) is 16.1 Å². The van der Waals surface area contributed by atoms with Gasteiger partial charge in [-0.2, -0.15) is 0 Å². The normalized spacial score (nSPS) is 10.6. The number of benzene rings is 1. The molecule has 0 aliphatic heterocycles. The van der Waals surface area contributed by atoms with Crippen molar-refractivity contribution in [1.29, 1.82) is 0 Å². The van der Waals surface area contributed by atoms with Crippen molar-refractivity contribution in [3.8, 4) is 0 Å². The Labute approximate surface area is 105 Å². The van der Waals surface area contributed by atoms with E-state index in [0.29, 0.717) is 25.4 Å². The third-order valence-corrected chi connectivity index (χ3v) is 2.25. The van der Waals surface area contributed by atoms with Crippen LogP contribution >= 0.6 is 0 Å². The zero-order valence-electron chi connectivity index (χ0n) is 10.3. The highest BCUT2D eigenvalue weighted by molar-refractivity contribution is 5.87. The number of aromatic carboxylic acids is 1. The van der Waals surface area contributed by atoms with E-state index >= 15 is 0 Å². The van der Waals surface area contributed by atoms with Crippen LogP contribution in [0.4, 0.5) is 4.39 Å². The molecule has 0 spiro atoms. The lowest BCUT2D eigenvalue weighted by molar-refractivity contribution is 0.0407. The van der Waals surface area contributed by atoms with Gasteiger partial charge in [0.25, 0.3) is 0 Å². The fraction of sp³-hybridized carbons (Fsp3) is 0.462. The number of rotatable bonds is 8. The van der Waals surface area contributed by atoms with Crippen molar-refractivity contribution in [2.45, 2.75) is 20.0 Å². The Kier molecular flexibility index (Phi) is 6.32. The molecule has 1 N–H and O–H groups in total. The van der Waals surface area contributed by atoms with Gasteiger partial charge in [0, 0.05) is 6.61 Å². The number of ether oxygens (including phenoxy) is 2. The summed E-state index contributed by atoms with van der Waals surface area (Å²) in [6, 6.07) is 3.96. The summed E-state index contributed by atoms with van der Waals surface area (Å²) in [4.78, 5) is 10.6. The van der Waals surface area contributed by atoms with E-state index in [-0.39, 0.29) is 12.2 Å². The van der Waals surface area contributed by atoms with E-state index in [1.165, 1.54) is 12.1 Å². The molecule has 0 amide bonds. The van der Waals surface area contributed by atoms with Crippen LogP contribution in [0.3, 0.4) is 0 Å². The van der Waals surface area contributed by atoms with Gasteiger partial charge in [-0.25, -0.2) is 9.18 Å². The third kappa shape index (κ3) is 4.81. The maximum absolute atomic E-state index is 13.3. The van der Waals surface area contributed by atoms with Gasteiger partial charge in [0.05, 0.1) is 25.4 Å². The molecule has 0 aromatic heterocycles. The minimum Gasteiger partial charge on any atom is -0.478 e. The molecule has 0 fully saturated rings. The molecule has 0 unspecified atom stereocenters. The summed E-state index contributed by atoms with van der Waals surface area (Å²) >= 11 is 0. The molecule has 0 radical (unpaired) electrons.